The van der Waals surface area contributed by atoms with Crippen LogP contribution in [0.5, 0.6) is 0 Å². The molecule has 0 bridgehead atoms. The van der Waals surface area contributed by atoms with Crippen LogP contribution in [0.1, 0.15) is 16.1 Å². The van der Waals surface area contributed by atoms with E-state index in [4.69, 9.17) is 27.6 Å². The van der Waals surface area contributed by atoms with Gasteiger partial charge in [0.05, 0.1) is 10.8 Å². The van der Waals surface area contributed by atoms with Crippen molar-refractivity contribution in [2.75, 3.05) is 5.75 Å². The fraction of sp³-hybridized carbons (Fsp3) is 0.0741. The number of carbonyl (C=O) groups is 1. The first-order valence-electron chi connectivity index (χ1n) is 10.8. The molecule has 0 atom stereocenters. The summed E-state index contributed by atoms with van der Waals surface area (Å²) in [5.74, 6) is 1.40. The quantitative estimate of drug-likeness (QED) is 0.162. The van der Waals surface area contributed by atoms with Crippen molar-refractivity contribution in [2.45, 2.75) is 12.1 Å². The Hall–Kier alpha value is -3.32. The lowest BCUT2D eigenvalue weighted by Gasteiger charge is -2.10. The molecular weight excluding hydrogens is 501 g/mol. The van der Waals surface area contributed by atoms with Gasteiger partial charge in [0.25, 0.3) is 0 Å². The molecule has 2 heterocycles. The number of ketones is 1. The minimum Gasteiger partial charge on any atom is -0.453 e. The monoisotopic (exact) mass is 519 g/mol. The second-order valence-corrected chi connectivity index (χ2v) is 9.63. The standard InChI is InChI=1S/C27H19Cl2N3O2S/c1-17-7-10-20(11-8-17)32-26(18-5-3-2-4-6-18)30-31-27(32)35-16-23(33)25-14-13-24(34-25)21-15-19(28)9-12-22(21)29/h2-15H,16H2,1H3. The maximum Gasteiger partial charge on any atom is 0.208 e. The van der Waals surface area contributed by atoms with Gasteiger partial charge in [-0.25, -0.2) is 0 Å². The average Bonchev–Trinajstić information content (AvgIpc) is 3.53. The van der Waals surface area contributed by atoms with E-state index in [2.05, 4.69) is 10.2 Å². The molecule has 0 radical (unpaired) electrons. The van der Waals surface area contributed by atoms with Crippen LogP contribution in [-0.2, 0) is 0 Å². The molecule has 0 saturated heterocycles. The highest BCUT2D eigenvalue weighted by Crippen LogP contribution is 2.33. The number of aryl methyl sites for hydroxylation is 1. The predicted molar refractivity (Wildman–Crippen MR) is 141 cm³/mol. The first-order chi connectivity index (χ1) is 17.0. The Labute approximate surface area is 216 Å². The Balaban J connectivity index is 1.41. The van der Waals surface area contributed by atoms with Crippen LogP contribution in [0.2, 0.25) is 10.0 Å². The fourth-order valence-corrected chi connectivity index (χ4v) is 4.79. The lowest BCUT2D eigenvalue weighted by Crippen LogP contribution is -2.04. The van der Waals surface area contributed by atoms with Crippen molar-refractivity contribution in [3.63, 3.8) is 0 Å². The Morgan fingerprint density at radius 3 is 2.49 bits per heavy atom. The van der Waals surface area contributed by atoms with E-state index in [1.807, 2.05) is 66.1 Å². The van der Waals surface area contributed by atoms with E-state index in [1.54, 1.807) is 30.3 Å². The highest BCUT2D eigenvalue weighted by Gasteiger charge is 2.19. The predicted octanol–water partition coefficient (Wildman–Crippen LogP) is 7.78. The molecule has 8 heteroatoms. The number of hydrogen-bond donors (Lipinski definition) is 0. The largest absolute Gasteiger partial charge is 0.453 e. The summed E-state index contributed by atoms with van der Waals surface area (Å²) in [5, 5.41) is 10.5. The zero-order chi connectivity index (χ0) is 24.4. The zero-order valence-electron chi connectivity index (χ0n) is 18.6. The highest BCUT2D eigenvalue weighted by molar-refractivity contribution is 7.99. The van der Waals surface area contributed by atoms with E-state index < -0.39 is 0 Å². The summed E-state index contributed by atoms with van der Waals surface area (Å²) in [7, 11) is 0. The van der Waals surface area contributed by atoms with Crippen LogP contribution in [0, 0.1) is 6.92 Å². The maximum atomic E-state index is 13.0. The lowest BCUT2D eigenvalue weighted by molar-refractivity contribution is 0.0993. The summed E-state index contributed by atoms with van der Waals surface area (Å²) < 4.78 is 7.77. The normalized spacial score (nSPS) is 11.1. The van der Waals surface area contributed by atoms with Crippen LogP contribution in [0.25, 0.3) is 28.4 Å². The molecule has 0 aliphatic heterocycles. The van der Waals surface area contributed by atoms with Gasteiger partial charge in [-0.15, -0.1) is 10.2 Å². The first kappa shape index (κ1) is 23.4. The van der Waals surface area contributed by atoms with Crippen molar-refractivity contribution in [1.29, 1.82) is 0 Å². The van der Waals surface area contributed by atoms with Gasteiger partial charge in [-0.2, -0.15) is 0 Å². The number of carbonyl (C=O) groups excluding carboxylic acids is 1. The number of halogens is 2. The number of thioether (sulfide) groups is 1. The van der Waals surface area contributed by atoms with Gasteiger partial charge in [0, 0.05) is 21.8 Å². The second-order valence-electron chi connectivity index (χ2n) is 7.84. The maximum absolute atomic E-state index is 13.0. The molecular formula is C27H19Cl2N3O2S. The van der Waals surface area contributed by atoms with Gasteiger partial charge in [-0.3, -0.25) is 9.36 Å². The molecule has 2 aromatic heterocycles. The third-order valence-corrected chi connectivity index (χ3v) is 6.86. The molecule has 3 aromatic carbocycles. The number of aromatic nitrogens is 3. The van der Waals surface area contributed by atoms with Gasteiger partial charge >= 0.3 is 0 Å². The second kappa shape index (κ2) is 10.1. The van der Waals surface area contributed by atoms with Crippen molar-refractivity contribution in [3.05, 3.63) is 106 Å². The van der Waals surface area contributed by atoms with Crippen LogP contribution in [0.4, 0.5) is 0 Å². The Morgan fingerprint density at radius 2 is 1.71 bits per heavy atom. The van der Waals surface area contributed by atoms with Gasteiger partial charge in [0.15, 0.2) is 16.7 Å². The summed E-state index contributed by atoms with van der Waals surface area (Å²) >= 11 is 13.7. The molecule has 5 aromatic rings. The third kappa shape index (κ3) is 5.05. The minimum atomic E-state index is -0.167. The van der Waals surface area contributed by atoms with Gasteiger partial charge in [0.1, 0.15) is 5.76 Å². The van der Waals surface area contributed by atoms with Crippen LogP contribution in [0.3, 0.4) is 0 Å². The van der Waals surface area contributed by atoms with Crippen molar-refractivity contribution in [3.8, 4) is 28.4 Å². The average molecular weight is 520 g/mol. The molecule has 174 valence electrons. The van der Waals surface area contributed by atoms with Crippen molar-refractivity contribution in [1.82, 2.24) is 14.8 Å². The molecule has 0 saturated carbocycles. The molecule has 5 nitrogen and oxygen atoms in total. The number of hydrogen-bond acceptors (Lipinski definition) is 5. The number of nitrogens with zero attached hydrogens (tertiary/aromatic N) is 3. The molecule has 0 aliphatic carbocycles. The van der Waals surface area contributed by atoms with Gasteiger partial charge in [-0.05, 0) is 49.4 Å². The lowest BCUT2D eigenvalue weighted by atomic mass is 10.2. The van der Waals surface area contributed by atoms with E-state index in [0.29, 0.717) is 32.3 Å². The number of furan rings is 1. The van der Waals surface area contributed by atoms with Gasteiger partial charge in [0.2, 0.25) is 5.78 Å². The van der Waals surface area contributed by atoms with Crippen LogP contribution in [-0.4, -0.2) is 26.3 Å². The van der Waals surface area contributed by atoms with Crippen LogP contribution >= 0.6 is 35.0 Å². The van der Waals surface area contributed by atoms with Gasteiger partial charge < -0.3 is 4.42 Å². The summed E-state index contributed by atoms with van der Waals surface area (Å²) in [5.41, 5.74) is 3.65. The molecule has 0 N–H and O–H groups in total. The van der Waals surface area contributed by atoms with Crippen LogP contribution in [0.15, 0.2) is 94.5 Å². The van der Waals surface area contributed by atoms with Crippen molar-refractivity contribution in [2.24, 2.45) is 0 Å². The Kier molecular flexibility index (Phi) is 6.77. The smallest absolute Gasteiger partial charge is 0.208 e. The van der Waals surface area contributed by atoms with Crippen molar-refractivity contribution >= 4 is 40.7 Å². The number of Topliss-reactive ketones (excluding diaryl/α,β-unsaturated/α-hetero) is 1. The Bertz CT molecular complexity index is 1490. The van der Waals surface area contributed by atoms with E-state index in [0.717, 1.165) is 16.8 Å². The Morgan fingerprint density at radius 1 is 0.943 bits per heavy atom. The van der Waals surface area contributed by atoms with Crippen LogP contribution < -0.4 is 0 Å². The third-order valence-electron chi connectivity index (χ3n) is 5.36. The van der Waals surface area contributed by atoms with E-state index in [9.17, 15) is 4.79 Å². The van der Waals surface area contributed by atoms with E-state index in [-0.39, 0.29) is 17.3 Å². The number of rotatable bonds is 7. The minimum absolute atomic E-state index is 0.134. The SMILES string of the molecule is Cc1ccc(-n2c(SCC(=O)c3ccc(-c4cc(Cl)ccc4Cl)o3)nnc2-c2ccccc2)cc1. The zero-order valence-corrected chi connectivity index (χ0v) is 20.9. The van der Waals surface area contributed by atoms with E-state index in [1.165, 1.54) is 11.8 Å². The summed E-state index contributed by atoms with van der Waals surface area (Å²) in [6.45, 7) is 2.04. The molecule has 0 amide bonds. The number of benzene rings is 3. The molecule has 0 spiro atoms. The van der Waals surface area contributed by atoms with Gasteiger partial charge in [-0.1, -0.05) is 83.0 Å². The summed E-state index contributed by atoms with van der Waals surface area (Å²) in [4.78, 5) is 13.0. The molecule has 0 fully saturated rings. The fourth-order valence-electron chi connectivity index (χ4n) is 3.58. The topological polar surface area (TPSA) is 60.9 Å². The molecule has 0 unspecified atom stereocenters. The van der Waals surface area contributed by atoms with Crippen molar-refractivity contribution < 1.29 is 9.21 Å². The molecule has 35 heavy (non-hydrogen) atoms. The van der Waals surface area contributed by atoms with E-state index >= 15 is 0 Å². The summed E-state index contributed by atoms with van der Waals surface area (Å²) in [6, 6.07) is 26.4. The summed E-state index contributed by atoms with van der Waals surface area (Å²) in [6.07, 6.45) is 0. The molecule has 0 aliphatic rings. The first-order valence-corrected chi connectivity index (χ1v) is 12.5. The highest BCUT2D eigenvalue weighted by atomic mass is 35.5. The molecule has 5 rings (SSSR count).